The van der Waals surface area contributed by atoms with Crippen molar-refractivity contribution in [3.05, 3.63) is 349 Å². The second kappa shape index (κ2) is 48.1. The van der Waals surface area contributed by atoms with Crippen LogP contribution in [-0.2, 0) is 62.2 Å². The van der Waals surface area contributed by atoms with Crippen LogP contribution in [0.5, 0.6) is 0 Å². The highest BCUT2D eigenvalue weighted by Crippen LogP contribution is 2.68. The van der Waals surface area contributed by atoms with Crippen molar-refractivity contribution in [2.24, 2.45) is 0 Å². The third kappa shape index (κ3) is 21.4. The number of unbranched alkanes of at least 4 members (excludes halogenated alkanes) is 24. The molecule has 4 nitrogen and oxygen atoms in total. The zero-order valence-electron chi connectivity index (χ0n) is 86.1. The number of allylic oxidation sites excluding steroid dienone is 2. The summed E-state index contributed by atoms with van der Waals surface area (Å²) in [6.07, 6.45) is 49.9. The Labute approximate surface area is 890 Å². The van der Waals surface area contributed by atoms with Gasteiger partial charge in [-0.1, -0.05) is 355 Å². The molecule has 4 aliphatic carbocycles. The molecule has 0 saturated carbocycles. The number of carbonyl (C=O) groups is 4. The first kappa shape index (κ1) is 103. The standard InChI is InChI=1S/C132H142O4S8/c1-9-17-25-33-45-87-57-65-95(66-58-87)131(96-67-59-88(60-68-96)46-34-26-18-10-2)109-81-104-106-84-122(128-94(52-40-32-24-16-8)80-120(142-128)114-76-74-112(138-114)118-78-92(50-38-30-22-14-6)116(140-118)86-108-125(135)101-55-43-44-56-102(101)126(108)136)144-130(106)132(97-69-61-89(62-70-97)47-35-27-19-11-3,98-71-63-90(64-72-98)48-36-28-20-12-4)110(104)82-103(109)105-83-121(143-129(105)131)127-93(51-39-31-23-15-7)79-119(141-127)113-75-73-111(137-113)117-77-91(49-37-29-21-13-5)115(139-117)85-107-123(133)99-53-41-42-54-100(99)124(107)134/h41-44,53-86H,9-40,45-52H2,1-8H3. The number of hydrogen-bond donors (Lipinski definition) is 0. The molecule has 0 unspecified atom stereocenters. The first-order valence-electron chi connectivity index (χ1n) is 55.1. The lowest BCUT2D eigenvalue weighted by molar-refractivity contribution is 0.0975. The number of fused-ring (bicyclic) bond motifs is 8. The zero-order valence-corrected chi connectivity index (χ0v) is 92.7. The molecule has 0 radical (unpaired) electrons. The van der Waals surface area contributed by atoms with Crippen molar-refractivity contribution in [1.82, 2.24) is 0 Å². The molecular formula is C132H142O4S8. The van der Waals surface area contributed by atoms with E-state index in [-0.39, 0.29) is 34.3 Å². The monoisotopic (exact) mass is 2050 g/mol. The fourth-order valence-corrected chi connectivity index (χ4v) is 33.1. The maximum absolute atomic E-state index is 14.1. The molecule has 144 heavy (non-hydrogen) atoms. The third-order valence-electron chi connectivity index (χ3n) is 31.0. The fourth-order valence-electron chi connectivity index (χ4n) is 23.0. The van der Waals surface area contributed by atoms with Crippen LogP contribution in [0.1, 0.15) is 400 Å². The van der Waals surface area contributed by atoms with Gasteiger partial charge in [0, 0.05) is 100 Å². The largest absolute Gasteiger partial charge is 0.288 e. The van der Waals surface area contributed by atoms with Gasteiger partial charge in [-0.25, -0.2) is 0 Å². The molecule has 8 aromatic heterocycles. The lowest BCUT2D eigenvalue weighted by Gasteiger charge is -2.35. The molecule has 19 rings (SSSR count). The zero-order chi connectivity index (χ0) is 99.2. The van der Waals surface area contributed by atoms with Crippen molar-refractivity contribution in [3.63, 3.8) is 0 Å². The number of rotatable bonds is 52. The molecule has 0 saturated heterocycles. The van der Waals surface area contributed by atoms with E-state index in [4.69, 9.17) is 0 Å². The predicted molar refractivity (Wildman–Crippen MR) is 626 cm³/mol. The van der Waals surface area contributed by atoms with E-state index < -0.39 is 10.8 Å². The first-order chi connectivity index (χ1) is 70.7. The van der Waals surface area contributed by atoms with Crippen molar-refractivity contribution in [2.45, 2.75) is 323 Å². The molecule has 0 N–H and O–H groups in total. The summed E-state index contributed by atoms with van der Waals surface area (Å²) < 4.78 is 0. The van der Waals surface area contributed by atoms with E-state index >= 15 is 0 Å². The second-order valence-electron chi connectivity index (χ2n) is 41.2. The number of carbonyl (C=O) groups excluding carboxylic acids is 4. The molecule has 0 amide bonds. The first-order valence-corrected chi connectivity index (χ1v) is 61.6. The van der Waals surface area contributed by atoms with Crippen LogP contribution in [0.25, 0.3) is 92.9 Å². The molecule has 0 aliphatic heterocycles. The van der Waals surface area contributed by atoms with Gasteiger partial charge in [-0.3, -0.25) is 19.2 Å². The number of ketones is 4. The second-order valence-corrected chi connectivity index (χ2v) is 49.7. The molecule has 0 atom stereocenters. The van der Waals surface area contributed by atoms with Gasteiger partial charge < -0.3 is 0 Å². The van der Waals surface area contributed by atoms with Crippen LogP contribution < -0.4 is 0 Å². The van der Waals surface area contributed by atoms with Gasteiger partial charge in [0.2, 0.25) is 0 Å². The average molecular weight is 2050 g/mol. The summed E-state index contributed by atoms with van der Waals surface area (Å²) in [5.74, 6) is -0.683. The van der Waals surface area contributed by atoms with E-state index in [1.54, 1.807) is 46.9 Å². The molecule has 8 heterocycles. The summed E-state index contributed by atoms with van der Waals surface area (Å²) in [6, 6.07) is 85.5. The van der Waals surface area contributed by atoms with E-state index in [2.05, 4.69) is 248 Å². The number of Topliss-reactive ketones (excluding diaryl/α,β-unsaturated/α-hetero) is 4. The van der Waals surface area contributed by atoms with Gasteiger partial charge in [-0.2, -0.15) is 0 Å². The van der Waals surface area contributed by atoms with E-state index in [1.165, 1.54) is 323 Å². The van der Waals surface area contributed by atoms with Crippen molar-refractivity contribution in [3.8, 4) is 80.8 Å². The summed E-state index contributed by atoms with van der Waals surface area (Å²) >= 11 is 15.4. The highest BCUT2D eigenvalue weighted by Gasteiger charge is 2.54. The molecule has 12 heteroatoms. The minimum absolute atomic E-state index is 0.171. The van der Waals surface area contributed by atoms with Gasteiger partial charge in [0.25, 0.3) is 0 Å². The fraction of sp³-hybridized carbons (Fsp3) is 0.379. The Bertz CT molecular complexity index is 6470. The SMILES string of the molecule is CCCCCCc1ccc(C2(c3ccc(CCCCCC)cc3)c3cc4c(cc3-c3cc(-c5sc(-c6ccc(-c7cc(CCCCCC)c(C=C8C(=O)c9ccccc9C8=O)s7)s6)cc5CCCCCC)sc32)C(c2ccc(CCCCCC)cc2)(c2ccc(CCCCCC)cc2)c2sc(-c3sc(-c5ccc(-c6cc(CCCCCC)c(C=C7C(=O)c8ccccc8C7=O)s6)s5)cc3CCCCCC)cc2-4)cc1. The Morgan fingerprint density at radius 3 is 0.729 bits per heavy atom. The Hall–Kier alpha value is -9.70. The van der Waals surface area contributed by atoms with Crippen LogP contribution in [0.15, 0.2) is 230 Å². The molecule has 742 valence electrons. The van der Waals surface area contributed by atoms with E-state index in [0.717, 1.165) is 112 Å². The minimum Gasteiger partial charge on any atom is -0.288 e. The molecule has 0 fully saturated rings. The summed E-state index contributed by atoms with van der Waals surface area (Å²) in [6.45, 7) is 18.5. The molecule has 15 aromatic rings. The summed E-state index contributed by atoms with van der Waals surface area (Å²) in [7, 11) is 0. The van der Waals surface area contributed by atoms with Crippen molar-refractivity contribution in [1.29, 1.82) is 0 Å². The minimum atomic E-state index is -0.712. The normalized spacial score (nSPS) is 13.7. The lowest BCUT2D eigenvalue weighted by Crippen LogP contribution is -2.29. The Balaban J connectivity index is 0.801. The molecule has 0 bridgehead atoms. The predicted octanol–water partition coefficient (Wildman–Crippen LogP) is 40.8. The topological polar surface area (TPSA) is 68.3 Å². The van der Waals surface area contributed by atoms with Crippen molar-refractivity contribution in [2.75, 3.05) is 0 Å². The maximum Gasteiger partial charge on any atom is 0.197 e. The van der Waals surface area contributed by atoms with Gasteiger partial charge in [-0.15, -0.1) is 90.7 Å². The summed E-state index contributed by atoms with van der Waals surface area (Å²) in [5, 5.41) is 0. The Morgan fingerprint density at radius 2 is 0.458 bits per heavy atom. The molecular weight excluding hydrogens is 1910 g/mol. The van der Waals surface area contributed by atoms with Gasteiger partial charge in [0.1, 0.15) is 0 Å². The quantitative estimate of drug-likeness (QED) is 0.0216. The summed E-state index contributed by atoms with van der Waals surface area (Å²) in [4.78, 5) is 76.5. The molecule has 0 spiro atoms. The van der Waals surface area contributed by atoms with E-state index in [1.807, 2.05) is 81.8 Å². The van der Waals surface area contributed by atoms with Crippen molar-refractivity contribution >= 4 is 126 Å². The van der Waals surface area contributed by atoms with Crippen LogP contribution in [0.4, 0.5) is 0 Å². The third-order valence-corrected chi connectivity index (χ3v) is 41.4. The van der Waals surface area contributed by atoms with Crippen LogP contribution in [0.2, 0.25) is 0 Å². The van der Waals surface area contributed by atoms with Crippen molar-refractivity contribution < 1.29 is 19.2 Å². The van der Waals surface area contributed by atoms with Gasteiger partial charge >= 0.3 is 0 Å². The van der Waals surface area contributed by atoms with Gasteiger partial charge in [0.15, 0.2) is 23.1 Å². The van der Waals surface area contributed by atoms with E-state index in [0.29, 0.717) is 22.3 Å². The van der Waals surface area contributed by atoms with Gasteiger partial charge in [-0.05, 0) is 288 Å². The highest BCUT2D eigenvalue weighted by molar-refractivity contribution is 7.30. The number of hydrogen-bond acceptors (Lipinski definition) is 12. The van der Waals surface area contributed by atoms with Gasteiger partial charge in [0.05, 0.1) is 22.0 Å². The Kier molecular flexibility index (Phi) is 34.3. The molecule has 4 aliphatic rings. The van der Waals surface area contributed by atoms with Crippen LogP contribution in [0, 0.1) is 0 Å². The smallest absolute Gasteiger partial charge is 0.197 e. The van der Waals surface area contributed by atoms with Crippen LogP contribution >= 0.6 is 90.7 Å². The maximum atomic E-state index is 14.1. The highest BCUT2D eigenvalue weighted by atomic mass is 32.1. The number of benzene rings is 7. The number of thiophene rings is 8. The van der Waals surface area contributed by atoms with E-state index in [9.17, 15) is 19.2 Å². The average Bonchev–Trinajstić information content (AvgIpc) is 1.50. The molecule has 7 aromatic carbocycles. The van der Waals surface area contributed by atoms with Crippen LogP contribution in [0.3, 0.4) is 0 Å². The summed E-state index contributed by atoms with van der Waals surface area (Å²) in [5.41, 5.74) is 25.5. The lowest BCUT2D eigenvalue weighted by atomic mass is 9.68. The van der Waals surface area contributed by atoms with Crippen LogP contribution in [-0.4, -0.2) is 23.1 Å². The number of aryl methyl sites for hydroxylation is 8. The Morgan fingerprint density at radius 1 is 0.208 bits per heavy atom.